The first-order valence-corrected chi connectivity index (χ1v) is 25.5. The predicted octanol–water partition coefficient (Wildman–Crippen LogP) is 7.85. The van der Waals surface area contributed by atoms with E-state index in [1.54, 1.807) is 46.9 Å². The highest BCUT2D eigenvalue weighted by atomic mass is 35.5. The van der Waals surface area contributed by atoms with Gasteiger partial charge in [-0.05, 0) is 74.1 Å². The van der Waals surface area contributed by atoms with Gasteiger partial charge in [-0.15, -0.1) is 32.9 Å². The molecule has 6 aromatic rings. The molecule has 71 heavy (non-hydrogen) atoms. The number of aromatic nitrogens is 4. The van der Waals surface area contributed by atoms with Gasteiger partial charge < -0.3 is 35.4 Å². The lowest BCUT2D eigenvalue weighted by Crippen LogP contribution is -2.58. The smallest absolute Gasteiger partial charge is 0.246 e. The van der Waals surface area contributed by atoms with E-state index in [1.807, 2.05) is 93.2 Å². The quantitative estimate of drug-likeness (QED) is 0.0652. The second-order valence-electron chi connectivity index (χ2n) is 18.9. The number of β-amino-alcohol motifs (C(OH)–C–C–N with tert-alkyl or cyclic N) is 1. The van der Waals surface area contributed by atoms with Gasteiger partial charge in [0.05, 0.1) is 47.5 Å². The highest BCUT2D eigenvalue weighted by molar-refractivity contribution is 7.15. The molecule has 372 valence electrons. The van der Waals surface area contributed by atoms with Crippen molar-refractivity contribution in [2.24, 2.45) is 10.4 Å². The summed E-state index contributed by atoms with van der Waals surface area (Å²) in [6, 6.07) is 20.0. The molecule has 3 aromatic carbocycles. The van der Waals surface area contributed by atoms with Crippen LogP contribution in [-0.2, 0) is 30.5 Å². The van der Waals surface area contributed by atoms with Crippen molar-refractivity contribution in [3.8, 4) is 21.2 Å². The van der Waals surface area contributed by atoms with Crippen LogP contribution in [0, 0.1) is 33.1 Å². The Bertz CT molecular complexity index is 2940. The number of aliphatic hydroxyl groups excluding tert-OH is 1. The number of ether oxygens (including phenoxy) is 2. The minimum atomic E-state index is -0.989. The molecule has 3 aromatic heterocycles. The van der Waals surface area contributed by atoms with Crippen LogP contribution in [0.5, 0.6) is 5.75 Å². The van der Waals surface area contributed by atoms with Crippen LogP contribution in [0.1, 0.15) is 90.5 Å². The Hall–Kier alpha value is -6.31. The third kappa shape index (κ3) is 11.9. The number of carbonyl (C=O) groups excluding carboxylic acids is 4. The maximum Gasteiger partial charge on any atom is 0.246 e. The first kappa shape index (κ1) is 51.1. The van der Waals surface area contributed by atoms with Crippen LogP contribution < -0.4 is 20.7 Å². The van der Waals surface area contributed by atoms with E-state index in [4.69, 9.17) is 26.1 Å². The molecule has 4 N–H and O–H groups in total. The number of halogens is 1. The van der Waals surface area contributed by atoms with Gasteiger partial charge in [-0.2, -0.15) is 0 Å². The number of aryl methyl sites for hydroxylation is 3. The Kier molecular flexibility index (Phi) is 15.8. The van der Waals surface area contributed by atoms with E-state index in [2.05, 4.69) is 45.0 Å². The normalized spacial score (nSPS) is 16.9. The number of anilines is 1. The third-order valence-corrected chi connectivity index (χ3v) is 14.9. The molecule has 4 amide bonds. The van der Waals surface area contributed by atoms with E-state index < -0.39 is 41.5 Å². The van der Waals surface area contributed by atoms with Gasteiger partial charge in [-0.25, -0.2) is 4.98 Å². The summed E-state index contributed by atoms with van der Waals surface area (Å²) in [7, 11) is 0. The number of benzene rings is 3. The van der Waals surface area contributed by atoms with Gasteiger partial charge in [0.1, 0.15) is 41.3 Å². The number of hydrogen-bond donors (Lipinski definition) is 4. The minimum absolute atomic E-state index is 0.00742. The van der Waals surface area contributed by atoms with E-state index in [-0.39, 0.29) is 57.6 Å². The van der Waals surface area contributed by atoms with Crippen LogP contribution in [0.15, 0.2) is 83.3 Å². The van der Waals surface area contributed by atoms with Crippen molar-refractivity contribution in [1.82, 2.24) is 35.3 Å². The summed E-state index contributed by atoms with van der Waals surface area (Å²) in [6.07, 6.45) is -0.348. The molecule has 0 saturated carbocycles. The molecule has 0 bridgehead atoms. The molecule has 8 rings (SSSR count). The van der Waals surface area contributed by atoms with Crippen LogP contribution in [0.3, 0.4) is 0 Å². The third-order valence-electron chi connectivity index (χ3n) is 12.5. The molecular formula is C52H58ClN9O7S2. The molecule has 0 spiro atoms. The number of nitrogens with one attached hydrogen (secondary N) is 3. The van der Waals surface area contributed by atoms with Gasteiger partial charge in [0, 0.05) is 58.7 Å². The van der Waals surface area contributed by atoms with Crippen molar-refractivity contribution in [1.29, 1.82) is 0 Å². The zero-order valence-corrected chi connectivity index (χ0v) is 43.1. The van der Waals surface area contributed by atoms with Crippen molar-refractivity contribution in [3.05, 3.63) is 128 Å². The van der Waals surface area contributed by atoms with Crippen LogP contribution in [-0.4, -0.2) is 104 Å². The molecule has 0 radical (unpaired) electrons. The monoisotopic (exact) mass is 1020 g/mol. The molecule has 0 unspecified atom stereocenters. The fraction of sp³-hybridized carbons (Fsp3) is 0.385. The van der Waals surface area contributed by atoms with Crippen LogP contribution in [0.4, 0.5) is 5.69 Å². The van der Waals surface area contributed by atoms with Crippen LogP contribution in [0.2, 0.25) is 5.02 Å². The SMILES string of the molecule is Cc1ncsc1-c1ccc(CNC(=O)[C@@H]2C[C@@H](O)CN2C(=O)[C@@H](NC(=O)COCCCOc2cccc(NC(=O)C[C@@H]3N=C(c4ccc(Cl)cc4)c4c(sc(C)c4C)-n4c(C)nnc43)c2)C(C)(C)C)cc1. The van der Waals surface area contributed by atoms with Gasteiger partial charge in [0.2, 0.25) is 23.6 Å². The number of thiazole rings is 1. The van der Waals surface area contributed by atoms with Crippen molar-refractivity contribution in [2.45, 2.75) is 98.5 Å². The first-order valence-electron chi connectivity index (χ1n) is 23.5. The molecule has 2 aliphatic heterocycles. The summed E-state index contributed by atoms with van der Waals surface area (Å²) in [5.74, 6) is 0.222. The molecule has 5 heterocycles. The summed E-state index contributed by atoms with van der Waals surface area (Å²) in [6.45, 7) is 13.9. The number of fused-ring (bicyclic) bond motifs is 3. The zero-order chi connectivity index (χ0) is 50.6. The molecular weight excluding hydrogens is 962 g/mol. The number of aliphatic hydroxyl groups is 1. The Morgan fingerprint density at radius 3 is 2.41 bits per heavy atom. The van der Waals surface area contributed by atoms with Crippen molar-refractivity contribution < 1.29 is 33.8 Å². The number of amides is 4. The largest absolute Gasteiger partial charge is 0.493 e. The predicted molar refractivity (Wildman–Crippen MR) is 276 cm³/mol. The Morgan fingerprint density at radius 2 is 1.69 bits per heavy atom. The average molecular weight is 1020 g/mol. The minimum Gasteiger partial charge on any atom is -0.493 e. The van der Waals surface area contributed by atoms with E-state index in [1.165, 1.54) is 4.90 Å². The van der Waals surface area contributed by atoms with E-state index in [9.17, 15) is 24.3 Å². The van der Waals surface area contributed by atoms with Gasteiger partial charge in [-0.3, -0.25) is 28.7 Å². The molecule has 16 nitrogen and oxygen atoms in total. The molecule has 19 heteroatoms. The number of hydrogen-bond acceptors (Lipinski definition) is 13. The van der Waals surface area contributed by atoms with Crippen molar-refractivity contribution >= 4 is 69.3 Å². The first-order chi connectivity index (χ1) is 33.9. The summed E-state index contributed by atoms with van der Waals surface area (Å²) < 4.78 is 13.7. The Morgan fingerprint density at radius 1 is 0.944 bits per heavy atom. The van der Waals surface area contributed by atoms with Crippen molar-refractivity contribution in [2.75, 3.05) is 31.7 Å². The molecule has 2 aliphatic rings. The summed E-state index contributed by atoms with van der Waals surface area (Å²) in [5, 5.41) is 29.8. The van der Waals surface area contributed by atoms with Crippen LogP contribution in [0.25, 0.3) is 15.4 Å². The second-order valence-corrected chi connectivity index (χ2v) is 21.4. The lowest BCUT2D eigenvalue weighted by atomic mass is 9.85. The number of nitrogens with zero attached hydrogens (tertiary/aromatic N) is 6. The fourth-order valence-electron chi connectivity index (χ4n) is 8.68. The summed E-state index contributed by atoms with van der Waals surface area (Å²) in [4.78, 5) is 67.6. The Balaban J connectivity index is 0.805. The molecule has 0 aliphatic carbocycles. The van der Waals surface area contributed by atoms with Crippen LogP contribution >= 0.6 is 34.3 Å². The van der Waals surface area contributed by atoms with Gasteiger partial charge in [0.15, 0.2) is 5.82 Å². The number of rotatable bonds is 17. The Labute approximate surface area is 425 Å². The number of aliphatic imine (C=N–C) groups is 1. The standard InChI is InChI=1S/C52H58ClN9O7S2/c1-29-31(3)71-51-44(29)45(34-16-18-36(53)19-17-34)57-40(48-60-59-32(4)62(48)51)24-42(64)56-37-10-8-11-39(22-37)69-21-9-20-68-27-43(65)58-47(52(5,6)7)50(67)61-26-38(63)23-41(61)49(66)54-25-33-12-14-35(15-13-33)46-30(2)55-28-70-46/h8,10-19,22,28,38,40-41,47,63H,9,20-21,23-27H2,1-7H3,(H,54,66)(H,56,64)(H,58,65)/t38-,40+,41+,47-/m1/s1. The summed E-state index contributed by atoms with van der Waals surface area (Å²) >= 11 is 9.48. The number of thiophene rings is 1. The lowest BCUT2D eigenvalue weighted by Gasteiger charge is -2.35. The van der Waals surface area contributed by atoms with Gasteiger partial charge >= 0.3 is 0 Å². The fourth-order valence-corrected chi connectivity index (χ4v) is 10.8. The topological polar surface area (TPSA) is 202 Å². The lowest BCUT2D eigenvalue weighted by molar-refractivity contribution is -0.144. The van der Waals surface area contributed by atoms with Gasteiger partial charge in [-0.1, -0.05) is 74.8 Å². The van der Waals surface area contributed by atoms with E-state index >= 15 is 0 Å². The van der Waals surface area contributed by atoms with Crippen molar-refractivity contribution in [3.63, 3.8) is 0 Å². The van der Waals surface area contributed by atoms with Gasteiger partial charge in [0.25, 0.3) is 0 Å². The molecule has 1 saturated heterocycles. The van der Waals surface area contributed by atoms with E-state index in [0.29, 0.717) is 34.5 Å². The second kappa shape index (κ2) is 22.0. The molecule has 1 fully saturated rings. The number of carbonyl (C=O) groups is 4. The number of likely N-dealkylation sites (tertiary alicyclic amines) is 1. The summed E-state index contributed by atoms with van der Waals surface area (Å²) in [5.41, 5.74) is 8.25. The maximum absolute atomic E-state index is 14.1. The average Bonchev–Trinajstić information content (AvgIpc) is 4.10. The maximum atomic E-state index is 14.1. The zero-order valence-electron chi connectivity index (χ0n) is 40.7. The highest BCUT2D eigenvalue weighted by Gasteiger charge is 2.44. The molecule has 4 atom stereocenters. The van der Waals surface area contributed by atoms with E-state index in [0.717, 1.165) is 54.0 Å². The highest BCUT2D eigenvalue weighted by Crippen LogP contribution is 2.40.